The van der Waals surface area contributed by atoms with Crippen molar-refractivity contribution < 1.29 is 14.3 Å². The molecule has 0 bridgehead atoms. The summed E-state index contributed by atoms with van der Waals surface area (Å²) in [6.45, 7) is 0.799. The third-order valence-electron chi connectivity index (χ3n) is 3.06. The van der Waals surface area contributed by atoms with Gasteiger partial charge < -0.3 is 19.0 Å². The van der Waals surface area contributed by atoms with Crippen LogP contribution < -0.4 is 0 Å². The molecule has 1 atom stereocenters. The van der Waals surface area contributed by atoms with Crippen molar-refractivity contribution in [1.29, 1.82) is 0 Å². The molecule has 1 aliphatic rings. The SMILES string of the molecule is COC(=O)c1[nH]c(=S)n(C)c1CC1CCCO1. The van der Waals surface area contributed by atoms with Gasteiger partial charge in [0.25, 0.3) is 0 Å². The second-order valence-electron chi connectivity index (χ2n) is 4.14. The van der Waals surface area contributed by atoms with Gasteiger partial charge >= 0.3 is 5.97 Å². The van der Waals surface area contributed by atoms with E-state index in [1.54, 1.807) is 0 Å². The summed E-state index contributed by atoms with van der Waals surface area (Å²) in [5.41, 5.74) is 1.30. The summed E-state index contributed by atoms with van der Waals surface area (Å²) in [5.74, 6) is -0.385. The van der Waals surface area contributed by atoms with E-state index in [4.69, 9.17) is 21.7 Å². The number of hydrogen-bond acceptors (Lipinski definition) is 4. The molecule has 0 aromatic carbocycles. The predicted molar refractivity (Wildman–Crippen MR) is 64.6 cm³/mol. The van der Waals surface area contributed by atoms with Crippen molar-refractivity contribution in [2.45, 2.75) is 25.4 Å². The molecule has 1 fully saturated rings. The lowest BCUT2D eigenvalue weighted by molar-refractivity contribution is 0.0591. The van der Waals surface area contributed by atoms with Gasteiger partial charge in [-0.3, -0.25) is 0 Å². The Morgan fingerprint density at radius 2 is 2.47 bits per heavy atom. The first-order valence-electron chi connectivity index (χ1n) is 5.61. The second kappa shape index (κ2) is 5.01. The highest BCUT2D eigenvalue weighted by Gasteiger charge is 2.23. The second-order valence-corrected chi connectivity index (χ2v) is 4.53. The molecule has 2 heterocycles. The number of imidazole rings is 1. The molecule has 0 radical (unpaired) electrons. The largest absolute Gasteiger partial charge is 0.464 e. The number of carbonyl (C=O) groups is 1. The fourth-order valence-corrected chi connectivity index (χ4v) is 2.30. The van der Waals surface area contributed by atoms with E-state index >= 15 is 0 Å². The number of carbonyl (C=O) groups excluding carboxylic acids is 1. The minimum Gasteiger partial charge on any atom is -0.464 e. The van der Waals surface area contributed by atoms with Crippen LogP contribution in [0.15, 0.2) is 0 Å². The van der Waals surface area contributed by atoms with Crippen LogP contribution in [-0.2, 0) is 22.9 Å². The molecule has 17 heavy (non-hydrogen) atoms. The van der Waals surface area contributed by atoms with E-state index < -0.39 is 0 Å². The number of nitrogens with zero attached hydrogens (tertiary/aromatic N) is 1. The third kappa shape index (κ3) is 2.42. The molecule has 0 amide bonds. The Balaban J connectivity index is 2.29. The van der Waals surface area contributed by atoms with Crippen LogP contribution in [0.3, 0.4) is 0 Å². The van der Waals surface area contributed by atoms with Crippen molar-refractivity contribution in [3.63, 3.8) is 0 Å². The number of H-pyrrole nitrogens is 1. The van der Waals surface area contributed by atoms with Crippen LogP contribution in [0, 0.1) is 4.77 Å². The van der Waals surface area contributed by atoms with Gasteiger partial charge in [0.2, 0.25) is 0 Å². The average molecular weight is 256 g/mol. The average Bonchev–Trinajstić information content (AvgIpc) is 2.92. The van der Waals surface area contributed by atoms with E-state index in [0.717, 1.165) is 25.1 Å². The van der Waals surface area contributed by atoms with E-state index in [1.165, 1.54) is 7.11 Å². The van der Waals surface area contributed by atoms with Crippen LogP contribution in [0.25, 0.3) is 0 Å². The lowest BCUT2D eigenvalue weighted by Gasteiger charge is -2.10. The zero-order valence-corrected chi connectivity index (χ0v) is 10.8. The maximum atomic E-state index is 11.6. The number of nitrogens with one attached hydrogen (secondary N) is 1. The van der Waals surface area contributed by atoms with Crippen LogP contribution in [0.4, 0.5) is 0 Å². The van der Waals surface area contributed by atoms with Crippen LogP contribution in [0.2, 0.25) is 0 Å². The fourth-order valence-electron chi connectivity index (χ4n) is 2.08. The summed E-state index contributed by atoms with van der Waals surface area (Å²) < 4.78 is 12.7. The molecule has 0 spiro atoms. The lowest BCUT2D eigenvalue weighted by Crippen LogP contribution is -2.15. The quantitative estimate of drug-likeness (QED) is 0.659. The summed E-state index contributed by atoms with van der Waals surface area (Å²) in [5, 5.41) is 0. The summed E-state index contributed by atoms with van der Waals surface area (Å²) >= 11 is 5.13. The normalized spacial score (nSPS) is 19.5. The molecule has 94 valence electrons. The molecule has 1 unspecified atom stereocenters. The number of methoxy groups -OCH3 is 1. The fraction of sp³-hybridized carbons (Fsp3) is 0.636. The van der Waals surface area contributed by atoms with E-state index in [0.29, 0.717) is 16.9 Å². The van der Waals surface area contributed by atoms with E-state index in [1.807, 2.05) is 11.6 Å². The lowest BCUT2D eigenvalue weighted by atomic mass is 10.1. The summed E-state index contributed by atoms with van der Waals surface area (Å²) in [6.07, 6.45) is 2.97. The first-order valence-corrected chi connectivity index (χ1v) is 6.02. The predicted octanol–water partition coefficient (Wildman–Crippen LogP) is 1.59. The first-order chi connectivity index (χ1) is 8.13. The number of rotatable bonds is 3. The number of ether oxygens (including phenoxy) is 2. The zero-order chi connectivity index (χ0) is 12.4. The zero-order valence-electron chi connectivity index (χ0n) is 9.99. The van der Waals surface area contributed by atoms with Gasteiger partial charge in [-0.25, -0.2) is 4.79 Å². The molecule has 1 saturated heterocycles. The van der Waals surface area contributed by atoms with Crippen molar-refractivity contribution in [2.75, 3.05) is 13.7 Å². The number of aromatic nitrogens is 2. The Labute approximate surface area is 105 Å². The third-order valence-corrected chi connectivity index (χ3v) is 3.44. The van der Waals surface area contributed by atoms with Gasteiger partial charge in [-0.2, -0.15) is 0 Å². The molecule has 6 heteroatoms. The van der Waals surface area contributed by atoms with Gasteiger partial charge in [-0.05, 0) is 25.1 Å². The number of hydrogen-bond donors (Lipinski definition) is 1. The highest BCUT2D eigenvalue weighted by Crippen LogP contribution is 2.19. The van der Waals surface area contributed by atoms with Crippen molar-refractivity contribution >= 4 is 18.2 Å². The van der Waals surface area contributed by atoms with Crippen molar-refractivity contribution in [1.82, 2.24) is 9.55 Å². The highest BCUT2D eigenvalue weighted by molar-refractivity contribution is 7.71. The molecule has 0 aliphatic carbocycles. The number of esters is 1. The molecule has 1 aliphatic heterocycles. The van der Waals surface area contributed by atoms with Gasteiger partial charge in [0, 0.05) is 20.1 Å². The van der Waals surface area contributed by atoms with Gasteiger partial charge in [0.05, 0.1) is 18.9 Å². The monoisotopic (exact) mass is 256 g/mol. The molecule has 1 aromatic rings. The molecule has 5 nitrogen and oxygen atoms in total. The summed E-state index contributed by atoms with van der Waals surface area (Å²) in [7, 11) is 3.21. The maximum Gasteiger partial charge on any atom is 0.356 e. The summed E-state index contributed by atoms with van der Waals surface area (Å²) in [6, 6.07) is 0. The van der Waals surface area contributed by atoms with E-state index in [9.17, 15) is 4.79 Å². The van der Waals surface area contributed by atoms with Crippen LogP contribution in [0.5, 0.6) is 0 Å². The molecule has 1 aromatic heterocycles. The molecule has 1 N–H and O–H groups in total. The van der Waals surface area contributed by atoms with Crippen molar-refractivity contribution in [2.24, 2.45) is 7.05 Å². The minimum absolute atomic E-state index is 0.176. The molecule has 0 saturated carbocycles. The van der Waals surface area contributed by atoms with Crippen LogP contribution >= 0.6 is 12.2 Å². The number of aromatic amines is 1. The Kier molecular flexibility index (Phi) is 3.63. The Bertz CT molecular complexity index is 472. The smallest absolute Gasteiger partial charge is 0.356 e. The van der Waals surface area contributed by atoms with Crippen LogP contribution in [-0.4, -0.2) is 35.3 Å². The highest BCUT2D eigenvalue weighted by atomic mass is 32.1. The Morgan fingerprint density at radius 1 is 1.71 bits per heavy atom. The summed E-state index contributed by atoms with van der Waals surface area (Å²) in [4.78, 5) is 14.5. The Morgan fingerprint density at radius 3 is 3.06 bits per heavy atom. The van der Waals surface area contributed by atoms with Crippen molar-refractivity contribution in [3.05, 3.63) is 16.2 Å². The standard InChI is InChI=1S/C11H16N2O3S/c1-13-8(6-7-4-3-5-16-7)9(10(14)15-2)12-11(13)17/h7H,3-6H2,1-2H3,(H,12,17). The van der Waals surface area contributed by atoms with Gasteiger partial charge in [-0.1, -0.05) is 0 Å². The van der Waals surface area contributed by atoms with E-state index in [2.05, 4.69) is 4.98 Å². The first kappa shape index (κ1) is 12.3. The van der Waals surface area contributed by atoms with E-state index in [-0.39, 0.29) is 12.1 Å². The maximum absolute atomic E-state index is 11.6. The van der Waals surface area contributed by atoms with Gasteiger partial charge in [0.1, 0.15) is 5.69 Å². The van der Waals surface area contributed by atoms with Gasteiger partial charge in [-0.15, -0.1) is 0 Å². The molecular formula is C11H16N2O3S. The minimum atomic E-state index is -0.385. The molecular weight excluding hydrogens is 240 g/mol. The van der Waals surface area contributed by atoms with Gasteiger partial charge in [0.15, 0.2) is 4.77 Å². The van der Waals surface area contributed by atoms with Crippen molar-refractivity contribution in [3.8, 4) is 0 Å². The molecule has 2 rings (SSSR count). The van der Waals surface area contributed by atoms with Crippen LogP contribution in [0.1, 0.15) is 29.0 Å². The Hall–Kier alpha value is -1.14. The topological polar surface area (TPSA) is 56.2 Å².